The van der Waals surface area contributed by atoms with E-state index in [0.29, 0.717) is 12.1 Å². The van der Waals surface area contributed by atoms with Crippen LogP contribution < -0.4 is 5.32 Å². The van der Waals surface area contributed by atoms with Crippen LogP contribution in [-0.2, 0) is 4.74 Å². The average molecular weight is 239 g/mol. The van der Waals surface area contributed by atoms with Crippen LogP contribution in [0.25, 0.3) is 0 Å². The van der Waals surface area contributed by atoms with E-state index in [4.69, 9.17) is 4.74 Å². The first-order chi connectivity index (χ1) is 7.95. The third-order valence-corrected chi connectivity index (χ3v) is 3.11. The summed E-state index contributed by atoms with van der Waals surface area (Å²) in [5.74, 6) is 0. The van der Waals surface area contributed by atoms with E-state index >= 15 is 0 Å². The van der Waals surface area contributed by atoms with Crippen molar-refractivity contribution in [3.8, 4) is 6.07 Å². The molecule has 0 aromatic rings. The van der Waals surface area contributed by atoms with Crippen molar-refractivity contribution in [2.75, 3.05) is 26.2 Å². The molecule has 1 saturated heterocycles. The number of rotatable bonds is 5. The van der Waals surface area contributed by atoms with E-state index in [-0.39, 0.29) is 0 Å². The fraction of sp³-hybridized carbons (Fsp3) is 0.923. The summed E-state index contributed by atoms with van der Waals surface area (Å²) in [5.41, 5.74) is -0.421. The van der Waals surface area contributed by atoms with Gasteiger partial charge in [0.15, 0.2) is 0 Å². The summed E-state index contributed by atoms with van der Waals surface area (Å²) in [6, 6.07) is 2.73. The average Bonchev–Trinajstić information content (AvgIpc) is 2.26. The van der Waals surface area contributed by atoms with E-state index in [1.807, 2.05) is 6.92 Å². The summed E-state index contributed by atoms with van der Waals surface area (Å²) in [7, 11) is 0. The van der Waals surface area contributed by atoms with E-state index in [1.54, 1.807) is 0 Å². The lowest BCUT2D eigenvalue weighted by molar-refractivity contribution is -0.0198. The van der Waals surface area contributed by atoms with Crippen molar-refractivity contribution >= 4 is 0 Å². The Morgan fingerprint density at radius 3 is 2.82 bits per heavy atom. The van der Waals surface area contributed by atoms with Gasteiger partial charge in [-0.1, -0.05) is 0 Å². The zero-order valence-electron chi connectivity index (χ0n) is 11.5. The number of hydrogen-bond acceptors (Lipinski definition) is 4. The summed E-state index contributed by atoms with van der Waals surface area (Å²) in [6.45, 7) is 12.0. The van der Waals surface area contributed by atoms with E-state index < -0.39 is 5.54 Å². The van der Waals surface area contributed by atoms with Crippen LogP contribution in [0.5, 0.6) is 0 Å². The highest BCUT2D eigenvalue weighted by atomic mass is 16.5. The molecule has 4 nitrogen and oxygen atoms in total. The Bertz CT molecular complexity index is 274. The summed E-state index contributed by atoms with van der Waals surface area (Å²) in [4.78, 5) is 2.38. The standard InChI is InChI=1S/C13H25N3O/c1-11(2)15-13(4,10-14)5-6-16-7-8-17-12(3)9-16/h11-12,15H,5-9H2,1-4H3. The normalized spacial score (nSPS) is 25.5. The first-order valence-electron chi connectivity index (χ1n) is 6.48. The number of ether oxygens (including phenoxy) is 1. The Morgan fingerprint density at radius 1 is 1.59 bits per heavy atom. The highest BCUT2D eigenvalue weighted by Crippen LogP contribution is 2.13. The largest absolute Gasteiger partial charge is 0.376 e. The van der Waals surface area contributed by atoms with Crippen molar-refractivity contribution < 1.29 is 4.74 Å². The van der Waals surface area contributed by atoms with Crippen LogP contribution in [0.2, 0.25) is 0 Å². The molecule has 0 bridgehead atoms. The molecular formula is C13H25N3O. The molecule has 98 valence electrons. The van der Waals surface area contributed by atoms with Crippen LogP contribution in [0.4, 0.5) is 0 Å². The fourth-order valence-corrected chi connectivity index (χ4v) is 2.27. The van der Waals surface area contributed by atoms with Crippen molar-refractivity contribution in [1.29, 1.82) is 5.26 Å². The second kappa shape index (κ2) is 6.34. The summed E-state index contributed by atoms with van der Waals surface area (Å²) < 4.78 is 5.51. The first-order valence-corrected chi connectivity index (χ1v) is 6.48. The van der Waals surface area contributed by atoms with E-state index in [2.05, 4.69) is 37.1 Å². The maximum Gasteiger partial charge on any atom is 0.105 e. The van der Waals surface area contributed by atoms with Gasteiger partial charge in [-0.05, 0) is 34.1 Å². The number of nitrogens with zero attached hydrogens (tertiary/aromatic N) is 2. The lowest BCUT2D eigenvalue weighted by Crippen LogP contribution is -2.49. The molecule has 0 aromatic carbocycles. The van der Waals surface area contributed by atoms with Crippen molar-refractivity contribution in [2.24, 2.45) is 0 Å². The quantitative estimate of drug-likeness (QED) is 0.787. The van der Waals surface area contributed by atoms with Gasteiger partial charge >= 0.3 is 0 Å². The summed E-state index contributed by atoms with van der Waals surface area (Å²) in [5, 5.41) is 12.6. The Morgan fingerprint density at radius 2 is 2.29 bits per heavy atom. The maximum atomic E-state index is 9.26. The molecule has 4 heteroatoms. The van der Waals surface area contributed by atoms with Crippen molar-refractivity contribution in [1.82, 2.24) is 10.2 Å². The molecule has 1 fully saturated rings. The van der Waals surface area contributed by atoms with Crippen LogP contribution in [0.1, 0.15) is 34.1 Å². The molecule has 1 aliphatic rings. The highest BCUT2D eigenvalue weighted by Gasteiger charge is 2.26. The zero-order chi connectivity index (χ0) is 12.9. The predicted octanol–water partition coefficient (Wildman–Crippen LogP) is 1.38. The minimum atomic E-state index is -0.421. The van der Waals surface area contributed by atoms with Gasteiger partial charge in [-0.25, -0.2) is 0 Å². The zero-order valence-corrected chi connectivity index (χ0v) is 11.5. The van der Waals surface area contributed by atoms with Gasteiger partial charge in [-0.3, -0.25) is 10.2 Å². The second-order valence-corrected chi connectivity index (χ2v) is 5.47. The molecule has 2 unspecified atom stereocenters. The molecule has 1 aliphatic heterocycles. The Hall–Kier alpha value is -0.630. The van der Waals surface area contributed by atoms with Gasteiger partial charge in [0.25, 0.3) is 0 Å². The van der Waals surface area contributed by atoms with Crippen LogP contribution in [0.3, 0.4) is 0 Å². The summed E-state index contributed by atoms with van der Waals surface area (Å²) >= 11 is 0. The van der Waals surface area contributed by atoms with Crippen LogP contribution in [0, 0.1) is 11.3 Å². The molecule has 0 saturated carbocycles. The van der Waals surface area contributed by atoms with Gasteiger partial charge in [0, 0.05) is 25.7 Å². The topological polar surface area (TPSA) is 48.3 Å². The fourth-order valence-electron chi connectivity index (χ4n) is 2.27. The summed E-state index contributed by atoms with van der Waals surface area (Å²) in [6.07, 6.45) is 1.17. The Labute approximate surface area is 105 Å². The molecule has 2 atom stereocenters. The monoisotopic (exact) mass is 239 g/mol. The SMILES string of the molecule is CC(C)NC(C)(C#N)CCN1CCOC(C)C1. The third-order valence-electron chi connectivity index (χ3n) is 3.11. The van der Waals surface area contributed by atoms with Crippen LogP contribution in [0.15, 0.2) is 0 Å². The molecule has 0 radical (unpaired) electrons. The van der Waals surface area contributed by atoms with Gasteiger partial charge < -0.3 is 4.74 Å². The van der Waals surface area contributed by atoms with Crippen molar-refractivity contribution in [2.45, 2.75) is 51.8 Å². The number of hydrogen-bond donors (Lipinski definition) is 1. The molecular weight excluding hydrogens is 214 g/mol. The Kier molecular flexibility index (Phi) is 5.38. The van der Waals surface area contributed by atoms with Gasteiger partial charge in [-0.15, -0.1) is 0 Å². The minimum absolute atomic E-state index is 0.315. The van der Waals surface area contributed by atoms with Crippen molar-refractivity contribution in [3.63, 3.8) is 0 Å². The van der Waals surface area contributed by atoms with Crippen molar-refractivity contribution in [3.05, 3.63) is 0 Å². The smallest absolute Gasteiger partial charge is 0.105 e. The number of nitriles is 1. The molecule has 0 aromatic heterocycles. The first kappa shape index (κ1) is 14.4. The second-order valence-electron chi connectivity index (χ2n) is 5.47. The van der Waals surface area contributed by atoms with Crippen LogP contribution in [-0.4, -0.2) is 48.8 Å². The Balaban J connectivity index is 2.39. The van der Waals surface area contributed by atoms with Crippen LogP contribution >= 0.6 is 0 Å². The minimum Gasteiger partial charge on any atom is -0.376 e. The highest BCUT2D eigenvalue weighted by molar-refractivity contribution is 5.04. The molecule has 1 rings (SSSR count). The molecule has 1 N–H and O–H groups in total. The molecule has 17 heavy (non-hydrogen) atoms. The van der Waals surface area contributed by atoms with Gasteiger partial charge in [0.1, 0.15) is 5.54 Å². The lowest BCUT2D eigenvalue weighted by Gasteiger charge is -2.34. The van der Waals surface area contributed by atoms with Gasteiger partial charge in [-0.2, -0.15) is 5.26 Å². The maximum absolute atomic E-state index is 9.26. The molecule has 1 heterocycles. The molecule has 0 amide bonds. The number of morpholine rings is 1. The molecule has 0 spiro atoms. The van der Waals surface area contributed by atoms with Gasteiger partial charge in [0.2, 0.25) is 0 Å². The van der Waals surface area contributed by atoms with E-state index in [1.165, 1.54) is 0 Å². The van der Waals surface area contributed by atoms with E-state index in [9.17, 15) is 5.26 Å². The number of nitrogens with one attached hydrogen (secondary N) is 1. The van der Waals surface area contributed by atoms with Gasteiger partial charge in [0.05, 0.1) is 18.8 Å². The third kappa shape index (κ3) is 5.03. The predicted molar refractivity (Wildman–Crippen MR) is 68.8 cm³/mol. The van der Waals surface area contributed by atoms with E-state index in [0.717, 1.165) is 32.7 Å². The molecule has 0 aliphatic carbocycles. The lowest BCUT2D eigenvalue weighted by atomic mass is 9.98.